The fourth-order valence-corrected chi connectivity index (χ4v) is 8.61. The van der Waals surface area contributed by atoms with Crippen molar-refractivity contribution in [2.24, 2.45) is 23.7 Å². The van der Waals surface area contributed by atoms with Crippen LogP contribution in [0.5, 0.6) is 0 Å². The van der Waals surface area contributed by atoms with Crippen molar-refractivity contribution in [3.05, 3.63) is 62.4 Å². The first kappa shape index (κ1) is 29.1. The molecule has 2 aromatic rings. The van der Waals surface area contributed by atoms with Crippen LogP contribution in [0.4, 0.5) is 0 Å². The number of carbonyl (C=O) groups is 4. The number of hydrogen-bond donors (Lipinski definition) is 0. The van der Waals surface area contributed by atoms with Gasteiger partial charge in [0, 0.05) is 13.1 Å². The lowest BCUT2D eigenvalue weighted by Gasteiger charge is -2.27. The first-order chi connectivity index (χ1) is 18.8. The molecule has 2 saturated heterocycles. The molecule has 0 N–H and O–H groups in total. The molecule has 0 spiro atoms. The summed E-state index contributed by atoms with van der Waals surface area (Å²) in [4.78, 5) is 55.6. The van der Waals surface area contributed by atoms with Gasteiger partial charge in [-0.1, -0.05) is 92.8 Å². The van der Waals surface area contributed by atoms with E-state index in [1.165, 1.54) is 0 Å². The highest BCUT2D eigenvalue weighted by Crippen LogP contribution is 2.50. The Labute approximate surface area is 268 Å². The number of nitrogens with zero attached hydrogens (tertiary/aromatic N) is 2. The molecule has 2 heterocycles. The molecule has 14 heteroatoms. The standard InChI is InChI=1S/C26H16Cl8N2O4/c27-15-7-3-11-12(4-8(7)16(28)20(32)19(15)31)24(38)35(23(11)37)1-2-36-25(39)13-5-9-10(6-14(13)26(36)40)18(30)22(34)21(33)17(9)29/h11-14H,1-6H2/t11-,12+,13-,14+. The van der Waals surface area contributed by atoms with Crippen LogP contribution >= 0.6 is 92.8 Å². The van der Waals surface area contributed by atoms with Crippen molar-refractivity contribution in [3.63, 3.8) is 0 Å². The van der Waals surface area contributed by atoms with Crippen LogP contribution in [0.2, 0.25) is 40.2 Å². The Balaban J connectivity index is 1.21. The van der Waals surface area contributed by atoms with E-state index < -0.39 is 47.3 Å². The van der Waals surface area contributed by atoms with Crippen LogP contribution in [0.15, 0.2) is 0 Å². The Kier molecular flexibility index (Phi) is 7.53. The molecule has 4 amide bonds. The molecule has 0 unspecified atom stereocenters. The normalized spacial score (nSPS) is 25.4. The minimum Gasteiger partial charge on any atom is -0.280 e. The van der Waals surface area contributed by atoms with Crippen LogP contribution < -0.4 is 0 Å². The van der Waals surface area contributed by atoms with Crippen molar-refractivity contribution in [1.29, 1.82) is 0 Å². The summed E-state index contributed by atoms with van der Waals surface area (Å²) in [5, 5.41) is 1.24. The zero-order chi connectivity index (χ0) is 28.9. The predicted molar refractivity (Wildman–Crippen MR) is 155 cm³/mol. The molecule has 2 fully saturated rings. The molecular weight excluding hydrogens is 688 g/mol. The maximum absolute atomic E-state index is 13.3. The minimum atomic E-state index is -0.661. The molecule has 2 aromatic carbocycles. The summed E-state index contributed by atoms with van der Waals surface area (Å²) < 4.78 is 0. The van der Waals surface area contributed by atoms with Crippen LogP contribution in [0, 0.1) is 23.7 Å². The summed E-state index contributed by atoms with van der Waals surface area (Å²) >= 11 is 50.5. The third-order valence-electron chi connectivity index (χ3n) is 8.49. The number of likely N-dealkylation sites (tertiary alicyclic amines) is 2. The first-order valence-corrected chi connectivity index (χ1v) is 15.2. The van der Waals surface area contributed by atoms with Gasteiger partial charge in [-0.25, -0.2) is 0 Å². The molecule has 2 aliphatic carbocycles. The molecule has 0 aromatic heterocycles. The van der Waals surface area contributed by atoms with E-state index in [1.807, 2.05) is 0 Å². The lowest BCUT2D eigenvalue weighted by atomic mass is 9.77. The third kappa shape index (κ3) is 4.12. The van der Waals surface area contributed by atoms with Crippen LogP contribution in [0.3, 0.4) is 0 Å². The Morgan fingerprint density at radius 3 is 0.800 bits per heavy atom. The van der Waals surface area contributed by atoms with Gasteiger partial charge in [-0.2, -0.15) is 0 Å². The van der Waals surface area contributed by atoms with Gasteiger partial charge in [0.1, 0.15) is 0 Å². The summed E-state index contributed by atoms with van der Waals surface area (Å²) in [6.45, 7) is -0.264. The zero-order valence-corrected chi connectivity index (χ0v) is 26.2. The quantitative estimate of drug-likeness (QED) is 0.196. The average molecular weight is 704 g/mol. The Bertz CT molecular complexity index is 1350. The summed E-state index contributed by atoms with van der Waals surface area (Å²) in [5.41, 5.74) is 2.38. The van der Waals surface area contributed by atoms with Gasteiger partial charge < -0.3 is 0 Å². The summed E-state index contributed by atoms with van der Waals surface area (Å²) in [7, 11) is 0. The Morgan fingerprint density at radius 2 is 0.600 bits per heavy atom. The van der Waals surface area contributed by atoms with Crippen molar-refractivity contribution in [1.82, 2.24) is 9.80 Å². The summed E-state index contributed by atoms with van der Waals surface area (Å²) in [6.07, 6.45) is 0.695. The molecule has 0 saturated carbocycles. The van der Waals surface area contributed by atoms with Gasteiger partial charge in [-0.15, -0.1) is 0 Å². The van der Waals surface area contributed by atoms with Crippen molar-refractivity contribution in [3.8, 4) is 0 Å². The molecule has 4 atom stereocenters. The topological polar surface area (TPSA) is 74.8 Å². The minimum absolute atomic E-state index is 0.0981. The third-order valence-corrected chi connectivity index (χ3v) is 12.3. The maximum atomic E-state index is 13.3. The van der Waals surface area contributed by atoms with Crippen LogP contribution in [-0.4, -0.2) is 46.5 Å². The lowest BCUT2D eigenvalue weighted by molar-refractivity contribution is -0.145. The molecule has 0 radical (unpaired) electrons. The number of amides is 4. The van der Waals surface area contributed by atoms with Crippen LogP contribution in [-0.2, 0) is 44.9 Å². The van der Waals surface area contributed by atoms with E-state index in [0.29, 0.717) is 22.3 Å². The van der Waals surface area contributed by atoms with Crippen molar-refractivity contribution in [2.75, 3.05) is 13.1 Å². The second-order valence-corrected chi connectivity index (χ2v) is 13.3. The van der Waals surface area contributed by atoms with Gasteiger partial charge in [0.2, 0.25) is 23.6 Å². The number of benzene rings is 2. The van der Waals surface area contributed by atoms with Crippen molar-refractivity contribution in [2.45, 2.75) is 25.7 Å². The molecule has 6 nitrogen and oxygen atoms in total. The number of hydrogen-bond acceptors (Lipinski definition) is 4. The van der Waals surface area contributed by atoms with Crippen LogP contribution in [0.1, 0.15) is 22.3 Å². The first-order valence-electron chi connectivity index (χ1n) is 12.2. The second kappa shape index (κ2) is 10.3. The zero-order valence-electron chi connectivity index (χ0n) is 20.1. The molecule has 2 aliphatic heterocycles. The highest BCUT2D eigenvalue weighted by Gasteiger charge is 2.53. The van der Waals surface area contributed by atoms with Crippen molar-refractivity contribution >= 4 is 116 Å². The van der Waals surface area contributed by atoms with E-state index in [2.05, 4.69) is 0 Å². The van der Waals surface area contributed by atoms with Gasteiger partial charge in [-0.05, 0) is 47.9 Å². The van der Waals surface area contributed by atoms with E-state index in [0.717, 1.165) is 9.80 Å². The van der Waals surface area contributed by atoms with Gasteiger partial charge in [0.15, 0.2) is 0 Å². The molecule has 40 heavy (non-hydrogen) atoms. The fourth-order valence-electron chi connectivity index (χ4n) is 6.44. The van der Waals surface area contributed by atoms with Gasteiger partial charge in [-0.3, -0.25) is 29.0 Å². The fraction of sp³-hybridized carbons (Fsp3) is 0.385. The van der Waals surface area contributed by atoms with E-state index in [-0.39, 0.29) is 79.0 Å². The average Bonchev–Trinajstić information content (AvgIpc) is 3.32. The van der Waals surface area contributed by atoms with E-state index >= 15 is 0 Å². The SMILES string of the molecule is O=C1[C@H]2Cc3c(Cl)c(Cl)c(Cl)c(Cl)c3C[C@H]2C(=O)N1CCN1C(=O)[C@H]2Cc3c(Cl)c(Cl)c(Cl)c(Cl)c3C[C@H]2C1=O. The highest BCUT2D eigenvalue weighted by molar-refractivity contribution is 6.53. The largest absolute Gasteiger partial charge is 0.280 e. The molecule has 0 bridgehead atoms. The Hall–Kier alpha value is -0.960. The molecule has 6 rings (SSSR count). The Morgan fingerprint density at radius 1 is 0.400 bits per heavy atom. The van der Waals surface area contributed by atoms with E-state index in [1.54, 1.807) is 0 Å². The summed E-state index contributed by atoms with van der Waals surface area (Å²) in [6, 6.07) is 0. The molecule has 4 aliphatic rings. The smallest absolute Gasteiger partial charge is 0.233 e. The number of imide groups is 2. The lowest BCUT2D eigenvalue weighted by Crippen LogP contribution is -2.41. The second-order valence-electron chi connectivity index (χ2n) is 10.3. The predicted octanol–water partition coefficient (Wildman–Crippen LogP) is 7.01. The summed E-state index contributed by atoms with van der Waals surface area (Å²) in [5.74, 6) is -4.23. The number of halogens is 8. The molecule has 210 valence electrons. The number of carbonyl (C=O) groups excluding carboxylic acids is 4. The van der Waals surface area contributed by atoms with Gasteiger partial charge >= 0.3 is 0 Å². The maximum Gasteiger partial charge on any atom is 0.233 e. The van der Waals surface area contributed by atoms with E-state index in [9.17, 15) is 19.2 Å². The van der Waals surface area contributed by atoms with Gasteiger partial charge in [0.05, 0.1) is 63.9 Å². The monoisotopic (exact) mass is 700 g/mol. The van der Waals surface area contributed by atoms with E-state index in [4.69, 9.17) is 92.8 Å². The van der Waals surface area contributed by atoms with Gasteiger partial charge in [0.25, 0.3) is 0 Å². The van der Waals surface area contributed by atoms with Crippen molar-refractivity contribution < 1.29 is 19.2 Å². The highest BCUT2D eigenvalue weighted by atomic mass is 35.5. The van der Waals surface area contributed by atoms with Crippen LogP contribution in [0.25, 0.3) is 0 Å². The molecular formula is C26H16Cl8N2O4. The number of fused-ring (bicyclic) bond motifs is 4. The number of rotatable bonds is 3.